The van der Waals surface area contributed by atoms with Gasteiger partial charge in [-0.2, -0.15) is 4.98 Å². The molecule has 0 aliphatic carbocycles. The van der Waals surface area contributed by atoms with Crippen LogP contribution in [0.2, 0.25) is 0 Å². The first-order valence-corrected chi connectivity index (χ1v) is 12.4. The average Bonchev–Trinajstić information content (AvgIpc) is 3.30. The number of aryl methyl sites for hydroxylation is 1. The second-order valence-electron chi connectivity index (χ2n) is 8.16. The van der Waals surface area contributed by atoms with Gasteiger partial charge in [0.15, 0.2) is 11.6 Å². The van der Waals surface area contributed by atoms with Gasteiger partial charge < -0.3 is 9.84 Å². The van der Waals surface area contributed by atoms with Crippen LogP contribution in [0.15, 0.2) is 57.9 Å². The van der Waals surface area contributed by atoms with Crippen LogP contribution >= 0.6 is 0 Å². The van der Waals surface area contributed by atoms with Crippen molar-refractivity contribution in [2.24, 2.45) is 0 Å². The number of benzene rings is 2. The van der Waals surface area contributed by atoms with Gasteiger partial charge in [0, 0.05) is 36.6 Å². The van der Waals surface area contributed by atoms with Crippen molar-refractivity contribution >= 4 is 21.7 Å². The lowest BCUT2D eigenvalue weighted by Gasteiger charge is -2.09. The fraction of sp³-hybridized carbons (Fsp3) is 0.333. The average molecular weight is 485 g/mol. The number of nitrogens with one attached hydrogen (secondary N) is 2. The number of carbonyl (C=O) groups excluding carboxylic acids is 2. The zero-order chi connectivity index (χ0) is 24.7. The van der Waals surface area contributed by atoms with Crippen LogP contribution in [0, 0.1) is 0 Å². The van der Waals surface area contributed by atoms with Crippen molar-refractivity contribution in [1.29, 1.82) is 0 Å². The molecule has 1 heterocycles. The van der Waals surface area contributed by atoms with Gasteiger partial charge in [-0.15, -0.1) is 0 Å². The van der Waals surface area contributed by atoms with Gasteiger partial charge in [0.25, 0.3) is 5.91 Å². The number of ketones is 1. The van der Waals surface area contributed by atoms with Crippen LogP contribution in [-0.4, -0.2) is 36.8 Å². The molecular formula is C24H28N4O5S. The van der Waals surface area contributed by atoms with Gasteiger partial charge >= 0.3 is 0 Å². The van der Waals surface area contributed by atoms with Crippen molar-refractivity contribution in [3.8, 4) is 0 Å². The van der Waals surface area contributed by atoms with E-state index in [1.165, 1.54) is 31.2 Å². The van der Waals surface area contributed by atoms with Gasteiger partial charge in [0.2, 0.25) is 15.9 Å². The van der Waals surface area contributed by atoms with E-state index >= 15 is 0 Å². The lowest BCUT2D eigenvalue weighted by atomic mass is 10.1. The Kier molecular flexibility index (Phi) is 8.30. The summed E-state index contributed by atoms with van der Waals surface area (Å²) < 4.78 is 32.6. The Morgan fingerprint density at radius 3 is 2.24 bits per heavy atom. The molecule has 1 aromatic heterocycles. The predicted octanol–water partition coefficient (Wildman–Crippen LogP) is 3.24. The van der Waals surface area contributed by atoms with Crippen LogP contribution < -0.4 is 10.0 Å². The summed E-state index contributed by atoms with van der Waals surface area (Å²) in [6.07, 6.45) is 1.25. The molecule has 0 aliphatic rings. The second-order valence-corrected chi connectivity index (χ2v) is 9.93. The Labute approximate surface area is 199 Å². The molecule has 3 rings (SSSR count). The first-order valence-electron chi connectivity index (χ1n) is 11.0. The van der Waals surface area contributed by atoms with E-state index in [0.717, 1.165) is 0 Å². The van der Waals surface area contributed by atoms with Crippen molar-refractivity contribution in [2.75, 3.05) is 6.54 Å². The smallest absolute Gasteiger partial charge is 0.251 e. The van der Waals surface area contributed by atoms with Crippen molar-refractivity contribution < 1.29 is 22.5 Å². The molecule has 0 saturated heterocycles. The van der Waals surface area contributed by atoms with Gasteiger partial charge in [-0.3, -0.25) is 9.59 Å². The molecular weight excluding hydrogens is 456 g/mol. The van der Waals surface area contributed by atoms with Crippen LogP contribution in [0.25, 0.3) is 0 Å². The van der Waals surface area contributed by atoms with Crippen molar-refractivity contribution in [3.63, 3.8) is 0 Å². The molecule has 0 unspecified atom stereocenters. The normalized spacial score (nSPS) is 11.5. The molecule has 2 aromatic carbocycles. The summed E-state index contributed by atoms with van der Waals surface area (Å²) in [5.41, 5.74) is 1.63. The van der Waals surface area contributed by atoms with E-state index in [1.807, 2.05) is 13.8 Å². The SMILES string of the molecule is CC(=O)c1ccc(S(=O)(=O)NCc2ccc(C(=O)NCCCc3nc(C(C)C)no3)cc2)cc1. The fourth-order valence-corrected chi connectivity index (χ4v) is 4.07. The molecule has 0 fully saturated rings. The molecule has 34 heavy (non-hydrogen) atoms. The molecule has 0 radical (unpaired) electrons. The monoisotopic (exact) mass is 484 g/mol. The maximum Gasteiger partial charge on any atom is 0.251 e. The maximum atomic E-state index is 12.5. The molecule has 0 atom stereocenters. The number of amides is 1. The highest BCUT2D eigenvalue weighted by Gasteiger charge is 2.15. The summed E-state index contributed by atoms with van der Waals surface area (Å²) in [5, 5.41) is 6.76. The zero-order valence-corrected chi connectivity index (χ0v) is 20.2. The Morgan fingerprint density at radius 1 is 1.00 bits per heavy atom. The highest BCUT2D eigenvalue weighted by Crippen LogP contribution is 2.13. The Balaban J connectivity index is 1.46. The summed E-state index contributed by atoms with van der Waals surface area (Å²) >= 11 is 0. The van der Waals surface area contributed by atoms with E-state index in [1.54, 1.807) is 24.3 Å². The number of carbonyl (C=O) groups is 2. The quantitative estimate of drug-likeness (QED) is 0.315. The summed E-state index contributed by atoms with van der Waals surface area (Å²) in [5.74, 6) is 1.08. The number of aromatic nitrogens is 2. The Hall–Kier alpha value is -3.37. The molecule has 1 amide bonds. The van der Waals surface area contributed by atoms with Gasteiger partial charge in [0.1, 0.15) is 0 Å². The van der Waals surface area contributed by atoms with Gasteiger partial charge in [-0.05, 0) is 43.2 Å². The maximum absolute atomic E-state index is 12.5. The minimum absolute atomic E-state index is 0.0707. The van der Waals surface area contributed by atoms with Crippen LogP contribution in [0.4, 0.5) is 0 Å². The standard InChI is InChI=1S/C24H28N4O5S/c1-16(2)23-27-22(33-28-23)5-4-14-25-24(30)20-8-6-18(7-9-20)15-26-34(31,32)21-12-10-19(11-13-21)17(3)29/h6-13,16,26H,4-5,14-15H2,1-3H3,(H,25,30). The first kappa shape index (κ1) is 25.3. The Morgan fingerprint density at radius 2 is 1.65 bits per heavy atom. The third-order valence-electron chi connectivity index (χ3n) is 5.11. The van der Waals surface area contributed by atoms with Gasteiger partial charge in [-0.1, -0.05) is 43.3 Å². The van der Waals surface area contributed by atoms with Gasteiger partial charge in [0.05, 0.1) is 4.90 Å². The summed E-state index contributed by atoms with van der Waals surface area (Å²) in [6.45, 7) is 5.93. The fourth-order valence-electron chi connectivity index (χ4n) is 3.05. The van der Waals surface area contributed by atoms with E-state index in [4.69, 9.17) is 4.52 Å². The molecule has 0 aliphatic heterocycles. The second kappa shape index (κ2) is 11.2. The van der Waals surface area contributed by atoms with Crippen molar-refractivity contribution in [3.05, 3.63) is 76.9 Å². The lowest BCUT2D eigenvalue weighted by Crippen LogP contribution is -2.25. The zero-order valence-electron chi connectivity index (χ0n) is 19.4. The number of Topliss-reactive ketones (excluding diaryl/α,β-unsaturated/α-hetero) is 1. The summed E-state index contributed by atoms with van der Waals surface area (Å²) in [4.78, 5) is 28.1. The summed E-state index contributed by atoms with van der Waals surface area (Å²) in [7, 11) is -3.73. The molecule has 2 N–H and O–H groups in total. The third kappa shape index (κ3) is 6.82. The van der Waals surface area contributed by atoms with Crippen molar-refractivity contribution in [2.45, 2.75) is 51.0 Å². The number of hydrogen-bond donors (Lipinski definition) is 2. The molecule has 9 nitrogen and oxygen atoms in total. The largest absolute Gasteiger partial charge is 0.352 e. The lowest BCUT2D eigenvalue weighted by molar-refractivity contribution is 0.0951. The number of rotatable bonds is 11. The first-order chi connectivity index (χ1) is 16.2. The molecule has 10 heteroatoms. The van der Waals surface area contributed by atoms with E-state index in [-0.39, 0.29) is 29.0 Å². The molecule has 180 valence electrons. The minimum atomic E-state index is -3.73. The number of sulfonamides is 1. The highest BCUT2D eigenvalue weighted by atomic mass is 32.2. The topological polar surface area (TPSA) is 131 Å². The molecule has 3 aromatic rings. The van der Waals surface area contributed by atoms with Crippen LogP contribution in [0.5, 0.6) is 0 Å². The van der Waals surface area contributed by atoms with Crippen LogP contribution in [0.3, 0.4) is 0 Å². The van der Waals surface area contributed by atoms with E-state index in [0.29, 0.717) is 47.8 Å². The van der Waals surface area contributed by atoms with Crippen LogP contribution in [0.1, 0.15) is 71.1 Å². The molecule has 0 bridgehead atoms. The molecule has 0 saturated carbocycles. The number of hydrogen-bond acceptors (Lipinski definition) is 7. The number of nitrogens with zero attached hydrogens (tertiary/aromatic N) is 2. The Bertz CT molecular complexity index is 1230. The summed E-state index contributed by atoms with van der Waals surface area (Å²) in [6, 6.07) is 12.4. The van der Waals surface area contributed by atoms with Crippen molar-refractivity contribution in [1.82, 2.24) is 20.2 Å². The van der Waals surface area contributed by atoms with E-state index in [2.05, 4.69) is 20.2 Å². The molecule has 0 spiro atoms. The third-order valence-corrected chi connectivity index (χ3v) is 6.52. The van der Waals surface area contributed by atoms with E-state index in [9.17, 15) is 18.0 Å². The van der Waals surface area contributed by atoms with Crippen LogP contribution in [-0.2, 0) is 23.0 Å². The van der Waals surface area contributed by atoms with E-state index < -0.39 is 10.0 Å². The minimum Gasteiger partial charge on any atom is -0.352 e. The highest BCUT2D eigenvalue weighted by molar-refractivity contribution is 7.89. The van der Waals surface area contributed by atoms with Gasteiger partial charge in [-0.25, -0.2) is 13.1 Å². The predicted molar refractivity (Wildman–Crippen MR) is 126 cm³/mol.